The number of methoxy groups -OCH3 is 1. The first-order valence-corrected chi connectivity index (χ1v) is 13.5. The molecule has 2 aromatic carbocycles. The Kier molecular flexibility index (Phi) is 13.9. The van der Waals surface area contributed by atoms with Gasteiger partial charge in [-0.2, -0.15) is 0 Å². The van der Waals surface area contributed by atoms with Gasteiger partial charge in [0, 0.05) is 16.7 Å². The molecule has 0 aliphatic rings. The van der Waals surface area contributed by atoms with Crippen LogP contribution in [0.25, 0.3) is 0 Å². The van der Waals surface area contributed by atoms with Gasteiger partial charge in [-0.25, -0.2) is 0 Å². The lowest BCUT2D eigenvalue weighted by Gasteiger charge is -2.26. The van der Waals surface area contributed by atoms with Crippen molar-refractivity contribution in [3.8, 4) is 5.75 Å². The molecule has 0 bridgehead atoms. The first-order valence-electron chi connectivity index (χ1n) is 13.5. The Hall–Kier alpha value is -3.89. The highest BCUT2D eigenvalue weighted by atomic mass is 16.5. The Balaban J connectivity index is 0.000000850. The van der Waals surface area contributed by atoms with E-state index in [1.54, 1.807) is 31.4 Å². The third kappa shape index (κ3) is 11.5. The maximum absolute atomic E-state index is 13.8. The number of carbonyl (C=O) groups excluding carboxylic acids is 1. The zero-order valence-electron chi connectivity index (χ0n) is 25.5. The normalized spacial score (nSPS) is 13.4. The molecule has 0 heterocycles. The minimum Gasteiger partial charge on any atom is -0.497 e. The number of benzene rings is 2. The molecule has 40 heavy (non-hydrogen) atoms. The van der Waals surface area contributed by atoms with Gasteiger partial charge in [0.25, 0.3) is 0 Å². The van der Waals surface area contributed by atoms with Gasteiger partial charge in [-0.15, -0.1) is 0 Å². The van der Waals surface area contributed by atoms with E-state index in [2.05, 4.69) is 40.0 Å². The van der Waals surface area contributed by atoms with Crippen LogP contribution in [-0.2, 0) is 15.7 Å². The lowest BCUT2D eigenvalue weighted by molar-refractivity contribution is 0.103. The van der Waals surface area contributed by atoms with Crippen molar-refractivity contribution in [2.45, 2.75) is 65.5 Å². The number of hydrogen-bond donors (Lipinski definition) is 1. The van der Waals surface area contributed by atoms with Crippen LogP contribution in [0.2, 0.25) is 0 Å². The minimum absolute atomic E-state index is 0.0954. The summed E-state index contributed by atoms with van der Waals surface area (Å²) in [5.74, 6) is 1.51. The summed E-state index contributed by atoms with van der Waals surface area (Å²) in [6.45, 7) is 21.4. The molecule has 0 saturated carbocycles. The molecule has 4 heteroatoms. The fourth-order valence-corrected chi connectivity index (χ4v) is 3.72. The molecule has 0 aliphatic heterocycles. The molecule has 1 unspecified atom stereocenters. The number of carbonyl (C=O) groups is 1. The number of para-hydroxylation sites is 1. The molecule has 0 fully saturated rings. The van der Waals surface area contributed by atoms with Crippen LogP contribution in [0.4, 0.5) is 0 Å². The average molecular weight is 542 g/mol. The van der Waals surface area contributed by atoms with Crippen LogP contribution in [0.1, 0.15) is 70.0 Å². The van der Waals surface area contributed by atoms with Crippen LogP contribution in [0.15, 0.2) is 122 Å². The summed E-state index contributed by atoms with van der Waals surface area (Å²) >= 11 is 0. The van der Waals surface area contributed by atoms with Gasteiger partial charge in [0.15, 0.2) is 5.78 Å². The van der Waals surface area contributed by atoms with Crippen molar-refractivity contribution >= 4 is 5.78 Å². The molecule has 0 aromatic heterocycles. The molecule has 2 N–H and O–H groups in total. The molecule has 0 aliphatic carbocycles. The molecule has 0 spiro atoms. The monoisotopic (exact) mass is 541 g/mol. The van der Waals surface area contributed by atoms with Crippen molar-refractivity contribution in [2.24, 2.45) is 5.73 Å². The SMILES string of the molecule is C=C/C=C\C(=C/C)OC(C)/C=C(\C=C/C=C)C(=O)c1cc(C(C)(C)C)ccc1C(C)(C)N.COc1ccccc1. The van der Waals surface area contributed by atoms with Crippen molar-refractivity contribution in [2.75, 3.05) is 7.11 Å². The number of ketones is 1. The van der Waals surface area contributed by atoms with E-state index in [1.807, 2.05) is 94.5 Å². The summed E-state index contributed by atoms with van der Waals surface area (Å²) in [6.07, 6.45) is 13.9. The van der Waals surface area contributed by atoms with Crippen LogP contribution < -0.4 is 10.5 Å². The van der Waals surface area contributed by atoms with Crippen LogP contribution in [-0.4, -0.2) is 19.0 Å². The first kappa shape index (κ1) is 34.1. The molecule has 0 saturated heterocycles. The Morgan fingerprint density at radius 2 is 1.55 bits per heavy atom. The largest absolute Gasteiger partial charge is 0.497 e. The van der Waals surface area contributed by atoms with E-state index in [1.165, 1.54) is 0 Å². The van der Waals surface area contributed by atoms with Gasteiger partial charge < -0.3 is 15.2 Å². The van der Waals surface area contributed by atoms with Gasteiger partial charge in [-0.1, -0.05) is 94.6 Å². The summed E-state index contributed by atoms with van der Waals surface area (Å²) in [4.78, 5) is 13.8. The Bertz CT molecular complexity index is 1230. The molecule has 2 rings (SSSR count). The zero-order valence-corrected chi connectivity index (χ0v) is 25.5. The van der Waals surface area contributed by atoms with Crippen molar-refractivity contribution < 1.29 is 14.3 Å². The highest BCUT2D eigenvalue weighted by molar-refractivity contribution is 6.11. The predicted molar refractivity (Wildman–Crippen MR) is 171 cm³/mol. The second kappa shape index (κ2) is 16.3. The van der Waals surface area contributed by atoms with E-state index in [0.717, 1.165) is 16.9 Å². The van der Waals surface area contributed by atoms with Crippen molar-refractivity contribution in [1.29, 1.82) is 0 Å². The smallest absolute Gasteiger partial charge is 0.193 e. The Morgan fingerprint density at radius 3 is 2.02 bits per heavy atom. The summed E-state index contributed by atoms with van der Waals surface area (Å²) in [5.41, 5.74) is 8.70. The topological polar surface area (TPSA) is 61.5 Å². The lowest BCUT2D eigenvalue weighted by atomic mass is 9.80. The van der Waals surface area contributed by atoms with Gasteiger partial charge in [0.1, 0.15) is 17.6 Å². The van der Waals surface area contributed by atoms with Crippen LogP contribution in [0.3, 0.4) is 0 Å². The van der Waals surface area contributed by atoms with E-state index in [9.17, 15) is 4.79 Å². The quantitative estimate of drug-likeness (QED) is 0.134. The maximum atomic E-state index is 13.8. The fourth-order valence-electron chi connectivity index (χ4n) is 3.72. The van der Waals surface area contributed by atoms with Gasteiger partial charge in [0.05, 0.1) is 7.11 Å². The number of rotatable bonds is 11. The predicted octanol–water partition coefficient (Wildman–Crippen LogP) is 8.78. The van der Waals surface area contributed by atoms with E-state index in [4.69, 9.17) is 15.2 Å². The number of nitrogens with two attached hydrogens (primary N) is 1. The third-order valence-corrected chi connectivity index (χ3v) is 5.89. The molecule has 4 nitrogen and oxygen atoms in total. The van der Waals surface area contributed by atoms with E-state index >= 15 is 0 Å². The second-order valence-electron chi connectivity index (χ2n) is 10.9. The molecular formula is C36H47NO3. The van der Waals surface area contributed by atoms with E-state index < -0.39 is 5.54 Å². The van der Waals surface area contributed by atoms with Crippen molar-refractivity contribution in [3.05, 3.63) is 138 Å². The zero-order chi connectivity index (χ0) is 30.3. The third-order valence-electron chi connectivity index (χ3n) is 5.89. The molecule has 0 radical (unpaired) electrons. The number of allylic oxidation sites excluding steroid dienone is 8. The maximum Gasteiger partial charge on any atom is 0.193 e. The molecule has 1 atom stereocenters. The molecule has 214 valence electrons. The number of Topliss-reactive ketones (excluding diaryl/α,β-unsaturated/α-hetero) is 1. The van der Waals surface area contributed by atoms with Crippen molar-refractivity contribution in [1.82, 2.24) is 0 Å². The van der Waals surface area contributed by atoms with Crippen molar-refractivity contribution in [3.63, 3.8) is 0 Å². The second-order valence-corrected chi connectivity index (χ2v) is 10.9. The molecule has 2 aromatic rings. The summed E-state index contributed by atoms with van der Waals surface area (Å²) in [7, 11) is 1.66. The van der Waals surface area contributed by atoms with Crippen LogP contribution >= 0.6 is 0 Å². The van der Waals surface area contributed by atoms with Gasteiger partial charge in [-0.05, 0) is 80.7 Å². The van der Waals surface area contributed by atoms with Gasteiger partial charge in [0.2, 0.25) is 0 Å². The summed E-state index contributed by atoms with van der Waals surface area (Å²) < 4.78 is 10.9. The molecule has 0 amide bonds. The Labute approximate surface area is 242 Å². The number of ether oxygens (including phenoxy) is 2. The van der Waals surface area contributed by atoms with E-state index in [0.29, 0.717) is 16.9 Å². The summed E-state index contributed by atoms with van der Waals surface area (Å²) in [6, 6.07) is 15.7. The highest BCUT2D eigenvalue weighted by Gasteiger charge is 2.26. The fraction of sp³-hybridized carbons (Fsp3) is 0.306. The first-order chi connectivity index (χ1) is 18.8. The van der Waals surface area contributed by atoms with Crippen LogP contribution in [0, 0.1) is 0 Å². The minimum atomic E-state index is -0.662. The number of hydrogen-bond acceptors (Lipinski definition) is 4. The standard InChI is InChI=1S/C29H39NO2.C7H8O/c1-10-13-15-22(19-21(4)32-24(12-3)16-14-11-2)27(31)25-20-23(28(5,6)7)17-18-26(25)29(8,9)30;1-8-7-5-3-2-4-6-7/h10-21H,1-2,30H2,3-9H3;2-6H,1H3/b15-13-,16-14-,22-19+,24-12+;. The molecular weight excluding hydrogens is 494 g/mol. The van der Waals surface area contributed by atoms with Gasteiger partial charge >= 0.3 is 0 Å². The summed E-state index contributed by atoms with van der Waals surface area (Å²) in [5, 5.41) is 0. The Morgan fingerprint density at radius 1 is 0.950 bits per heavy atom. The van der Waals surface area contributed by atoms with E-state index in [-0.39, 0.29) is 17.3 Å². The van der Waals surface area contributed by atoms with Crippen LogP contribution in [0.5, 0.6) is 5.75 Å². The lowest BCUT2D eigenvalue weighted by Crippen LogP contribution is -2.31. The highest BCUT2D eigenvalue weighted by Crippen LogP contribution is 2.30. The van der Waals surface area contributed by atoms with Gasteiger partial charge in [-0.3, -0.25) is 4.79 Å². The average Bonchev–Trinajstić information content (AvgIpc) is 2.92.